The van der Waals surface area contributed by atoms with E-state index < -0.39 is 5.76 Å². The van der Waals surface area contributed by atoms with E-state index in [1.807, 2.05) is 6.92 Å². The van der Waals surface area contributed by atoms with Crippen LogP contribution in [0.2, 0.25) is 0 Å². The minimum atomic E-state index is -0.583. The fourth-order valence-corrected chi connectivity index (χ4v) is 0.919. The highest BCUT2D eigenvalue weighted by Gasteiger charge is 2.10. The highest BCUT2D eigenvalue weighted by Crippen LogP contribution is 2.19. The van der Waals surface area contributed by atoms with Crippen molar-refractivity contribution >= 4 is 0 Å². The Kier molecular flexibility index (Phi) is 1.36. The summed E-state index contributed by atoms with van der Waals surface area (Å²) in [7, 11) is 0. The summed E-state index contributed by atoms with van der Waals surface area (Å²) in [4.78, 5) is 10.6. The SMILES string of the molecule is Cc1ccoc1-c1n[nH]c(=O)o1. The molecule has 2 aromatic heterocycles. The molecule has 0 radical (unpaired) electrons. The van der Waals surface area contributed by atoms with Gasteiger partial charge in [0.25, 0.3) is 5.89 Å². The molecule has 0 aliphatic rings. The van der Waals surface area contributed by atoms with Crippen LogP contribution in [-0.4, -0.2) is 10.2 Å². The second-order valence-corrected chi connectivity index (χ2v) is 2.35. The minimum Gasteiger partial charge on any atom is -0.459 e. The van der Waals surface area contributed by atoms with Crippen molar-refractivity contribution in [2.24, 2.45) is 0 Å². The molecule has 2 aromatic rings. The van der Waals surface area contributed by atoms with E-state index >= 15 is 0 Å². The molecule has 0 bridgehead atoms. The smallest absolute Gasteiger partial charge is 0.434 e. The molecule has 0 aliphatic heterocycles. The van der Waals surface area contributed by atoms with Gasteiger partial charge in [-0.1, -0.05) is 0 Å². The van der Waals surface area contributed by atoms with Crippen LogP contribution in [0.15, 0.2) is 26.0 Å². The summed E-state index contributed by atoms with van der Waals surface area (Å²) < 4.78 is 9.74. The number of nitrogens with zero attached hydrogens (tertiary/aromatic N) is 1. The van der Waals surface area contributed by atoms with Gasteiger partial charge >= 0.3 is 5.76 Å². The van der Waals surface area contributed by atoms with Gasteiger partial charge in [-0.3, -0.25) is 0 Å². The zero-order valence-electron chi connectivity index (χ0n) is 6.33. The standard InChI is InChI=1S/C7H6N2O3/c1-4-2-3-11-5(4)6-8-9-7(10)12-6/h2-3H,1H3,(H,9,10). The molecule has 12 heavy (non-hydrogen) atoms. The fraction of sp³-hybridized carbons (Fsp3) is 0.143. The second-order valence-electron chi connectivity index (χ2n) is 2.35. The van der Waals surface area contributed by atoms with E-state index in [-0.39, 0.29) is 5.89 Å². The number of H-pyrrole nitrogens is 1. The molecule has 0 spiro atoms. The van der Waals surface area contributed by atoms with Crippen LogP contribution >= 0.6 is 0 Å². The van der Waals surface area contributed by atoms with E-state index in [1.165, 1.54) is 6.26 Å². The Morgan fingerprint density at radius 2 is 2.42 bits per heavy atom. The molecule has 0 saturated carbocycles. The van der Waals surface area contributed by atoms with Gasteiger partial charge in [0.05, 0.1) is 6.26 Å². The molecule has 0 amide bonds. The van der Waals surface area contributed by atoms with Crippen LogP contribution < -0.4 is 5.76 Å². The predicted octanol–water partition coefficient (Wildman–Crippen LogP) is 0.931. The van der Waals surface area contributed by atoms with Crippen molar-refractivity contribution in [3.63, 3.8) is 0 Å². The lowest BCUT2D eigenvalue weighted by Crippen LogP contribution is -1.93. The van der Waals surface area contributed by atoms with Crippen LogP contribution in [0.4, 0.5) is 0 Å². The lowest BCUT2D eigenvalue weighted by atomic mass is 10.3. The Bertz CT molecular complexity index is 437. The summed E-state index contributed by atoms with van der Waals surface area (Å²) in [5, 5.41) is 5.77. The van der Waals surface area contributed by atoms with Gasteiger partial charge in [-0.05, 0) is 13.0 Å². The Morgan fingerprint density at radius 3 is 2.92 bits per heavy atom. The van der Waals surface area contributed by atoms with E-state index in [0.717, 1.165) is 5.56 Å². The second kappa shape index (κ2) is 2.37. The fourth-order valence-electron chi connectivity index (χ4n) is 0.919. The van der Waals surface area contributed by atoms with Crippen LogP contribution in [0.25, 0.3) is 11.7 Å². The maximum absolute atomic E-state index is 10.6. The van der Waals surface area contributed by atoms with Gasteiger partial charge < -0.3 is 8.83 Å². The van der Waals surface area contributed by atoms with Gasteiger partial charge in [-0.2, -0.15) is 0 Å². The maximum atomic E-state index is 10.6. The van der Waals surface area contributed by atoms with E-state index in [0.29, 0.717) is 5.76 Å². The number of nitrogens with one attached hydrogen (secondary N) is 1. The van der Waals surface area contributed by atoms with Crippen LogP contribution in [-0.2, 0) is 0 Å². The average Bonchev–Trinajstić information content (AvgIpc) is 2.58. The zero-order chi connectivity index (χ0) is 8.55. The van der Waals surface area contributed by atoms with Gasteiger partial charge in [0, 0.05) is 5.56 Å². The normalized spacial score (nSPS) is 10.4. The average molecular weight is 166 g/mol. The monoisotopic (exact) mass is 166 g/mol. The molecule has 5 heteroatoms. The molecule has 0 fully saturated rings. The topological polar surface area (TPSA) is 72.0 Å². The van der Waals surface area contributed by atoms with Crippen LogP contribution in [0, 0.1) is 6.92 Å². The van der Waals surface area contributed by atoms with Crippen molar-refractivity contribution in [1.29, 1.82) is 0 Å². The molecule has 0 saturated heterocycles. The van der Waals surface area contributed by atoms with Gasteiger partial charge in [-0.25, -0.2) is 9.89 Å². The highest BCUT2D eigenvalue weighted by molar-refractivity contribution is 5.48. The summed E-state index contributed by atoms with van der Waals surface area (Å²) in [5.41, 5.74) is 0.880. The molecule has 0 aliphatic carbocycles. The van der Waals surface area contributed by atoms with Crippen LogP contribution in [0.1, 0.15) is 5.56 Å². The van der Waals surface area contributed by atoms with Crippen molar-refractivity contribution in [3.05, 3.63) is 28.4 Å². The largest absolute Gasteiger partial charge is 0.459 e. The first-order valence-corrected chi connectivity index (χ1v) is 3.37. The molecule has 0 unspecified atom stereocenters. The minimum absolute atomic E-state index is 0.183. The van der Waals surface area contributed by atoms with Gasteiger partial charge in [0.2, 0.25) is 0 Å². The number of aromatic amines is 1. The number of hydrogen-bond acceptors (Lipinski definition) is 4. The number of aromatic nitrogens is 2. The van der Waals surface area contributed by atoms with Crippen LogP contribution in [0.3, 0.4) is 0 Å². The summed E-state index contributed by atoms with van der Waals surface area (Å²) in [6, 6.07) is 1.77. The first-order valence-electron chi connectivity index (χ1n) is 3.37. The summed E-state index contributed by atoms with van der Waals surface area (Å²) >= 11 is 0. The molecule has 5 nitrogen and oxygen atoms in total. The third-order valence-electron chi connectivity index (χ3n) is 1.49. The van der Waals surface area contributed by atoms with Crippen LogP contribution in [0.5, 0.6) is 0 Å². The van der Waals surface area contributed by atoms with Crippen molar-refractivity contribution < 1.29 is 8.83 Å². The molecular weight excluding hydrogens is 160 g/mol. The lowest BCUT2D eigenvalue weighted by Gasteiger charge is -1.86. The Balaban J connectivity index is 2.57. The Labute approximate surface area is 67.0 Å². The van der Waals surface area contributed by atoms with Gasteiger partial charge in [-0.15, -0.1) is 5.10 Å². The van der Waals surface area contributed by atoms with Gasteiger partial charge in [0.1, 0.15) is 0 Å². The Morgan fingerprint density at radius 1 is 1.58 bits per heavy atom. The molecular formula is C7H6N2O3. The molecule has 2 rings (SSSR count). The van der Waals surface area contributed by atoms with Crippen molar-refractivity contribution in [2.75, 3.05) is 0 Å². The van der Waals surface area contributed by atoms with E-state index in [9.17, 15) is 4.79 Å². The lowest BCUT2D eigenvalue weighted by molar-refractivity contribution is 0.491. The van der Waals surface area contributed by atoms with E-state index in [4.69, 9.17) is 8.83 Å². The quantitative estimate of drug-likeness (QED) is 0.684. The molecule has 0 atom stereocenters. The number of furan rings is 1. The summed E-state index contributed by atoms with van der Waals surface area (Å²) in [6.45, 7) is 1.84. The Hall–Kier alpha value is -1.78. The first-order chi connectivity index (χ1) is 5.77. The third-order valence-corrected chi connectivity index (χ3v) is 1.49. The molecule has 0 aromatic carbocycles. The van der Waals surface area contributed by atoms with Crippen molar-refractivity contribution in [3.8, 4) is 11.7 Å². The van der Waals surface area contributed by atoms with E-state index in [1.54, 1.807) is 6.07 Å². The van der Waals surface area contributed by atoms with Crippen molar-refractivity contribution in [2.45, 2.75) is 6.92 Å². The number of aryl methyl sites for hydroxylation is 1. The third kappa shape index (κ3) is 0.952. The number of hydrogen-bond donors (Lipinski definition) is 1. The molecule has 1 N–H and O–H groups in total. The maximum Gasteiger partial charge on any atom is 0.434 e. The molecule has 62 valence electrons. The number of rotatable bonds is 1. The molecule has 2 heterocycles. The predicted molar refractivity (Wildman–Crippen MR) is 39.6 cm³/mol. The van der Waals surface area contributed by atoms with Gasteiger partial charge in [0.15, 0.2) is 5.76 Å². The van der Waals surface area contributed by atoms with E-state index in [2.05, 4.69) is 10.2 Å². The van der Waals surface area contributed by atoms with Crippen molar-refractivity contribution in [1.82, 2.24) is 10.2 Å². The first kappa shape index (κ1) is 6.90. The summed E-state index contributed by atoms with van der Waals surface area (Å²) in [5.74, 6) is 0.0802. The summed E-state index contributed by atoms with van der Waals surface area (Å²) in [6.07, 6.45) is 1.51. The highest BCUT2D eigenvalue weighted by atomic mass is 16.4. The zero-order valence-corrected chi connectivity index (χ0v) is 6.33.